The first-order chi connectivity index (χ1) is 16.8. The van der Waals surface area contributed by atoms with Gasteiger partial charge >= 0.3 is 0 Å². The summed E-state index contributed by atoms with van der Waals surface area (Å²) in [6, 6.07) is 7.61. The zero-order valence-corrected chi connectivity index (χ0v) is 20.4. The Morgan fingerprint density at radius 3 is 2.46 bits per heavy atom. The molecule has 2 N–H and O–H groups in total. The number of anilines is 1. The lowest BCUT2D eigenvalue weighted by Gasteiger charge is -2.22. The molecule has 2 aliphatic heterocycles. The van der Waals surface area contributed by atoms with Gasteiger partial charge < -0.3 is 20.1 Å². The van der Waals surface area contributed by atoms with Crippen molar-refractivity contribution in [3.8, 4) is 11.1 Å². The van der Waals surface area contributed by atoms with Crippen LogP contribution in [0.3, 0.4) is 0 Å². The number of hydrogen-bond donors (Lipinski definition) is 1. The molecule has 0 aliphatic carbocycles. The standard InChI is InChI=1S/C27H30N6O2/c1-16(2)26(34)33-14-20(13-17(33)3)23-21(22-24(28)29-15-30-25(22)31(23)4)18-7-9-19(10-8-18)27(35)32-11-5-6-12-32/h7-10,13,15,17H,1,5-6,11-12,14H2,2-4H3,(H2,28,29,30)/t17-/m0/s1. The van der Waals surface area contributed by atoms with E-state index in [1.165, 1.54) is 6.33 Å². The lowest BCUT2D eigenvalue weighted by molar-refractivity contribution is -0.127. The fourth-order valence-electron chi connectivity index (χ4n) is 5.23. The van der Waals surface area contributed by atoms with E-state index < -0.39 is 0 Å². The number of amides is 2. The molecule has 1 fully saturated rings. The van der Waals surface area contributed by atoms with Crippen LogP contribution in [0.4, 0.5) is 5.82 Å². The molecule has 0 unspecified atom stereocenters. The Bertz CT molecular complexity index is 1380. The second-order valence-electron chi connectivity index (χ2n) is 9.46. The quantitative estimate of drug-likeness (QED) is 0.587. The Morgan fingerprint density at radius 2 is 1.80 bits per heavy atom. The average molecular weight is 471 g/mol. The Hall–Kier alpha value is -3.94. The van der Waals surface area contributed by atoms with Gasteiger partial charge in [-0.25, -0.2) is 9.97 Å². The monoisotopic (exact) mass is 470 g/mol. The van der Waals surface area contributed by atoms with E-state index in [4.69, 9.17) is 5.73 Å². The predicted octanol–water partition coefficient (Wildman–Crippen LogP) is 3.64. The van der Waals surface area contributed by atoms with Crippen LogP contribution >= 0.6 is 0 Å². The number of likely N-dealkylation sites (tertiary alicyclic amines) is 1. The molecule has 0 spiro atoms. The molecule has 180 valence electrons. The molecule has 0 saturated carbocycles. The molecule has 8 heteroatoms. The van der Waals surface area contributed by atoms with Gasteiger partial charge in [-0.05, 0) is 50.0 Å². The Morgan fingerprint density at radius 1 is 1.11 bits per heavy atom. The van der Waals surface area contributed by atoms with E-state index in [1.807, 2.05) is 52.6 Å². The summed E-state index contributed by atoms with van der Waals surface area (Å²) in [5, 5.41) is 0.766. The molecule has 1 atom stereocenters. The number of hydrogen-bond acceptors (Lipinski definition) is 5. The second-order valence-corrected chi connectivity index (χ2v) is 9.46. The topological polar surface area (TPSA) is 97.3 Å². The van der Waals surface area contributed by atoms with Crippen molar-refractivity contribution in [2.45, 2.75) is 32.7 Å². The van der Waals surface area contributed by atoms with Crippen molar-refractivity contribution in [2.75, 3.05) is 25.4 Å². The van der Waals surface area contributed by atoms with E-state index in [2.05, 4.69) is 22.6 Å². The summed E-state index contributed by atoms with van der Waals surface area (Å²) in [6.07, 6.45) is 5.68. The third-order valence-electron chi connectivity index (χ3n) is 7.02. The van der Waals surface area contributed by atoms with Crippen LogP contribution in [0.5, 0.6) is 0 Å². The van der Waals surface area contributed by atoms with Crippen LogP contribution in [0.25, 0.3) is 27.7 Å². The zero-order valence-electron chi connectivity index (χ0n) is 20.4. The summed E-state index contributed by atoms with van der Waals surface area (Å²) in [6.45, 7) is 9.65. The Balaban J connectivity index is 1.61. The maximum atomic E-state index is 12.9. The molecule has 2 amide bonds. The summed E-state index contributed by atoms with van der Waals surface area (Å²) in [7, 11) is 1.95. The lowest BCUT2D eigenvalue weighted by atomic mass is 9.97. The number of aryl methyl sites for hydroxylation is 1. The van der Waals surface area contributed by atoms with Crippen LogP contribution in [-0.4, -0.2) is 61.8 Å². The summed E-state index contributed by atoms with van der Waals surface area (Å²) in [4.78, 5) is 38.1. The number of carbonyl (C=O) groups is 2. The highest BCUT2D eigenvalue weighted by Crippen LogP contribution is 2.41. The highest BCUT2D eigenvalue weighted by atomic mass is 16.2. The van der Waals surface area contributed by atoms with Gasteiger partial charge in [0.15, 0.2) is 0 Å². The fourth-order valence-corrected chi connectivity index (χ4v) is 5.23. The van der Waals surface area contributed by atoms with Crippen molar-refractivity contribution in [1.82, 2.24) is 24.3 Å². The first-order valence-electron chi connectivity index (χ1n) is 11.9. The number of fused-ring (bicyclic) bond motifs is 1. The molecular formula is C27H30N6O2. The van der Waals surface area contributed by atoms with E-state index >= 15 is 0 Å². The Labute approximate surface area is 204 Å². The molecule has 2 aromatic heterocycles. The molecule has 3 aromatic rings. The minimum atomic E-state index is -0.0658. The molecule has 4 heterocycles. The number of nitrogens with two attached hydrogens (primary N) is 1. The average Bonchev–Trinajstić information content (AvgIpc) is 3.57. The molecule has 2 aliphatic rings. The largest absolute Gasteiger partial charge is 0.383 e. The van der Waals surface area contributed by atoms with Crippen LogP contribution in [-0.2, 0) is 11.8 Å². The van der Waals surface area contributed by atoms with Crippen LogP contribution in [0, 0.1) is 0 Å². The number of carbonyl (C=O) groups excluding carboxylic acids is 2. The summed E-state index contributed by atoms with van der Waals surface area (Å²) >= 11 is 0. The molecule has 8 nitrogen and oxygen atoms in total. The lowest BCUT2D eigenvalue weighted by Crippen LogP contribution is -2.34. The Kier molecular flexibility index (Phi) is 5.67. The second kappa shape index (κ2) is 8.69. The number of rotatable bonds is 4. The number of aromatic nitrogens is 3. The molecular weight excluding hydrogens is 440 g/mol. The summed E-state index contributed by atoms with van der Waals surface area (Å²) in [5.41, 5.74) is 12.0. The van der Waals surface area contributed by atoms with Gasteiger partial charge in [-0.1, -0.05) is 24.8 Å². The molecule has 0 radical (unpaired) electrons. The van der Waals surface area contributed by atoms with E-state index in [-0.39, 0.29) is 17.9 Å². The smallest absolute Gasteiger partial charge is 0.253 e. The van der Waals surface area contributed by atoms with E-state index in [0.29, 0.717) is 23.5 Å². The van der Waals surface area contributed by atoms with Crippen molar-refractivity contribution in [3.63, 3.8) is 0 Å². The van der Waals surface area contributed by atoms with Crippen LogP contribution in [0.15, 0.2) is 48.8 Å². The zero-order chi connectivity index (χ0) is 24.9. The van der Waals surface area contributed by atoms with Gasteiger partial charge in [0.05, 0.1) is 11.1 Å². The van der Waals surface area contributed by atoms with Gasteiger partial charge in [0.2, 0.25) is 5.91 Å². The van der Waals surface area contributed by atoms with Gasteiger partial charge in [-0.2, -0.15) is 0 Å². The number of nitrogen functional groups attached to an aromatic ring is 1. The van der Waals surface area contributed by atoms with Crippen LogP contribution in [0.2, 0.25) is 0 Å². The molecule has 0 bridgehead atoms. The minimum Gasteiger partial charge on any atom is -0.383 e. The van der Waals surface area contributed by atoms with Gasteiger partial charge in [-0.3, -0.25) is 9.59 Å². The third-order valence-corrected chi connectivity index (χ3v) is 7.02. The maximum absolute atomic E-state index is 12.9. The van der Waals surface area contributed by atoms with Gasteiger partial charge in [0.25, 0.3) is 5.91 Å². The van der Waals surface area contributed by atoms with Crippen molar-refractivity contribution in [2.24, 2.45) is 7.05 Å². The first kappa shape index (κ1) is 22.8. The number of nitrogens with zero attached hydrogens (tertiary/aromatic N) is 5. The van der Waals surface area contributed by atoms with Crippen molar-refractivity contribution < 1.29 is 9.59 Å². The van der Waals surface area contributed by atoms with Gasteiger partial charge in [0, 0.05) is 49.4 Å². The minimum absolute atomic E-state index is 0.0619. The van der Waals surface area contributed by atoms with Crippen LogP contribution in [0.1, 0.15) is 42.7 Å². The third kappa shape index (κ3) is 3.79. The van der Waals surface area contributed by atoms with Crippen LogP contribution < -0.4 is 5.73 Å². The van der Waals surface area contributed by atoms with Gasteiger partial charge in [-0.15, -0.1) is 0 Å². The fraction of sp³-hybridized carbons (Fsp3) is 0.333. The van der Waals surface area contributed by atoms with Gasteiger partial charge in [0.1, 0.15) is 17.8 Å². The van der Waals surface area contributed by atoms with E-state index in [9.17, 15) is 9.59 Å². The summed E-state index contributed by atoms with van der Waals surface area (Å²) in [5.74, 6) is 0.398. The number of benzene rings is 1. The highest BCUT2D eigenvalue weighted by molar-refractivity contribution is 6.07. The van der Waals surface area contributed by atoms with Crippen molar-refractivity contribution in [1.29, 1.82) is 0 Å². The van der Waals surface area contributed by atoms with E-state index in [0.717, 1.165) is 59.4 Å². The van der Waals surface area contributed by atoms with Crippen molar-refractivity contribution in [3.05, 3.63) is 60.1 Å². The molecule has 5 rings (SSSR count). The first-order valence-corrected chi connectivity index (χ1v) is 11.9. The predicted molar refractivity (Wildman–Crippen MR) is 137 cm³/mol. The highest BCUT2D eigenvalue weighted by Gasteiger charge is 2.31. The molecule has 1 aromatic carbocycles. The molecule has 1 saturated heterocycles. The maximum Gasteiger partial charge on any atom is 0.253 e. The summed E-state index contributed by atoms with van der Waals surface area (Å²) < 4.78 is 2.01. The molecule has 35 heavy (non-hydrogen) atoms. The van der Waals surface area contributed by atoms with E-state index in [1.54, 1.807) is 6.92 Å². The van der Waals surface area contributed by atoms with Crippen molar-refractivity contribution >= 4 is 34.2 Å². The normalized spacial score (nSPS) is 17.8. The SMILES string of the molecule is C=C(C)C(=O)N1CC(c2c(-c3ccc(C(=O)N4CCCC4)cc3)c3c(N)ncnc3n2C)=C[C@@H]1C.